The van der Waals surface area contributed by atoms with E-state index in [0.717, 1.165) is 23.1 Å². The van der Waals surface area contributed by atoms with Gasteiger partial charge in [0.1, 0.15) is 11.6 Å². The quantitative estimate of drug-likeness (QED) is 0.578. The summed E-state index contributed by atoms with van der Waals surface area (Å²) in [6.07, 6.45) is 0.731. The Hall–Kier alpha value is -3.48. The molecule has 1 N–H and O–H groups in total. The fourth-order valence-corrected chi connectivity index (χ4v) is 2.73. The summed E-state index contributed by atoms with van der Waals surface area (Å²) in [5.74, 6) is 1.27. The van der Waals surface area contributed by atoms with Gasteiger partial charge in [-0.2, -0.15) is 4.98 Å². The Morgan fingerprint density at radius 3 is 2.74 bits per heavy atom. The zero-order valence-electron chi connectivity index (χ0n) is 15.0. The summed E-state index contributed by atoms with van der Waals surface area (Å²) in [7, 11) is 0. The molecule has 2 heterocycles. The second-order valence-electron chi connectivity index (χ2n) is 6.16. The second kappa shape index (κ2) is 7.03. The summed E-state index contributed by atoms with van der Waals surface area (Å²) >= 11 is 0. The molecule has 1 unspecified atom stereocenters. The van der Waals surface area contributed by atoms with Crippen LogP contribution in [0.25, 0.3) is 22.5 Å². The molecule has 4 aromatic rings. The Bertz CT molecular complexity index is 1090. The van der Waals surface area contributed by atoms with Crippen molar-refractivity contribution in [2.75, 3.05) is 0 Å². The summed E-state index contributed by atoms with van der Waals surface area (Å²) in [6.45, 7) is 3.79. The summed E-state index contributed by atoms with van der Waals surface area (Å²) < 4.78 is 11.0. The summed E-state index contributed by atoms with van der Waals surface area (Å²) in [5, 5.41) is 6.88. The van der Waals surface area contributed by atoms with E-state index in [0.29, 0.717) is 23.2 Å². The van der Waals surface area contributed by atoms with Gasteiger partial charge in [-0.05, 0) is 37.3 Å². The Morgan fingerprint density at radius 1 is 1.15 bits per heavy atom. The normalized spacial score (nSPS) is 12.2. The highest BCUT2D eigenvalue weighted by Crippen LogP contribution is 2.24. The molecule has 0 aliphatic rings. The van der Waals surface area contributed by atoms with Crippen LogP contribution in [0.5, 0.6) is 0 Å². The third-order valence-electron chi connectivity index (χ3n) is 4.19. The molecule has 0 radical (unpaired) electrons. The van der Waals surface area contributed by atoms with E-state index in [2.05, 4.69) is 20.4 Å². The van der Waals surface area contributed by atoms with E-state index in [1.165, 1.54) is 0 Å². The first-order valence-electron chi connectivity index (χ1n) is 8.73. The van der Waals surface area contributed by atoms with Gasteiger partial charge < -0.3 is 14.3 Å². The number of carbonyl (C=O) groups excluding carboxylic acids is 1. The number of nitrogens with zero attached hydrogens (tertiary/aromatic N) is 3. The van der Waals surface area contributed by atoms with Crippen LogP contribution in [-0.4, -0.2) is 21.0 Å². The molecule has 7 heteroatoms. The number of oxazole rings is 1. The smallest absolute Gasteiger partial charge is 0.251 e. The van der Waals surface area contributed by atoms with Gasteiger partial charge in [0, 0.05) is 17.5 Å². The molecular weight excluding hydrogens is 344 g/mol. The van der Waals surface area contributed by atoms with Crippen LogP contribution in [0, 0.1) is 0 Å². The van der Waals surface area contributed by atoms with E-state index in [9.17, 15) is 4.79 Å². The largest absolute Gasteiger partial charge is 0.441 e. The van der Waals surface area contributed by atoms with Crippen LogP contribution in [0.3, 0.4) is 0 Å². The predicted molar refractivity (Wildman–Crippen MR) is 99.0 cm³/mol. The van der Waals surface area contributed by atoms with Gasteiger partial charge in [-0.15, -0.1) is 0 Å². The highest BCUT2D eigenvalue weighted by molar-refractivity contribution is 5.94. The molecular formula is C20H18N4O3. The number of aromatic nitrogens is 3. The van der Waals surface area contributed by atoms with Crippen LogP contribution < -0.4 is 5.32 Å². The number of aryl methyl sites for hydroxylation is 1. The van der Waals surface area contributed by atoms with E-state index in [-0.39, 0.29) is 5.91 Å². The van der Waals surface area contributed by atoms with Crippen LogP contribution in [-0.2, 0) is 6.42 Å². The fourth-order valence-electron chi connectivity index (χ4n) is 2.73. The minimum Gasteiger partial charge on any atom is -0.441 e. The van der Waals surface area contributed by atoms with Crippen molar-refractivity contribution in [1.82, 2.24) is 20.4 Å². The summed E-state index contributed by atoms with van der Waals surface area (Å²) in [4.78, 5) is 21.1. The van der Waals surface area contributed by atoms with Crippen molar-refractivity contribution in [3.63, 3.8) is 0 Å². The third kappa shape index (κ3) is 3.44. The molecule has 4 rings (SSSR count). The zero-order chi connectivity index (χ0) is 18.8. The zero-order valence-corrected chi connectivity index (χ0v) is 15.0. The molecule has 2 aromatic carbocycles. The standard InChI is InChI=1S/C20H18N4O3/c1-3-17-22-15-11-14(9-10-16(15)26-17)18-23-20(27-24-18)12(2)21-19(25)13-7-5-4-6-8-13/h4-12H,3H2,1-2H3,(H,21,25). The van der Waals surface area contributed by atoms with Gasteiger partial charge in [-0.1, -0.05) is 30.3 Å². The highest BCUT2D eigenvalue weighted by atomic mass is 16.5. The Kier molecular flexibility index (Phi) is 4.42. The molecule has 0 spiro atoms. The minimum atomic E-state index is -0.415. The van der Waals surface area contributed by atoms with E-state index in [1.54, 1.807) is 19.1 Å². The maximum Gasteiger partial charge on any atom is 0.251 e. The highest BCUT2D eigenvalue weighted by Gasteiger charge is 2.18. The molecule has 0 fully saturated rings. The lowest BCUT2D eigenvalue weighted by Gasteiger charge is -2.09. The molecule has 0 aliphatic carbocycles. The predicted octanol–water partition coefficient (Wildman–Crippen LogP) is 3.93. The Morgan fingerprint density at radius 2 is 1.96 bits per heavy atom. The maximum absolute atomic E-state index is 12.3. The summed E-state index contributed by atoms with van der Waals surface area (Å²) in [5.41, 5.74) is 2.83. The minimum absolute atomic E-state index is 0.195. The maximum atomic E-state index is 12.3. The number of rotatable bonds is 5. The first-order valence-corrected chi connectivity index (χ1v) is 8.73. The molecule has 0 aliphatic heterocycles. The van der Waals surface area contributed by atoms with Gasteiger partial charge in [-0.3, -0.25) is 4.79 Å². The fraction of sp³-hybridized carbons (Fsp3) is 0.200. The molecule has 0 bridgehead atoms. The van der Waals surface area contributed by atoms with Gasteiger partial charge >= 0.3 is 0 Å². The van der Waals surface area contributed by atoms with Crippen LogP contribution in [0.2, 0.25) is 0 Å². The first-order chi connectivity index (χ1) is 13.1. The van der Waals surface area contributed by atoms with E-state index >= 15 is 0 Å². The van der Waals surface area contributed by atoms with Crippen molar-refractivity contribution in [1.29, 1.82) is 0 Å². The molecule has 2 aromatic heterocycles. The van der Waals surface area contributed by atoms with Crippen molar-refractivity contribution in [3.05, 3.63) is 65.9 Å². The molecule has 0 saturated heterocycles. The van der Waals surface area contributed by atoms with Crippen molar-refractivity contribution in [2.24, 2.45) is 0 Å². The third-order valence-corrected chi connectivity index (χ3v) is 4.19. The number of fused-ring (bicyclic) bond motifs is 1. The van der Waals surface area contributed by atoms with Crippen molar-refractivity contribution in [3.8, 4) is 11.4 Å². The second-order valence-corrected chi connectivity index (χ2v) is 6.16. The van der Waals surface area contributed by atoms with E-state index < -0.39 is 6.04 Å². The number of hydrogen-bond donors (Lipinski definition) is 1. The number of nitrogens with one attached hydrogen (secondary N) is 1. The van der Waals surface area contributed by atoms with Gasteiger partial charge in [0.05, 0.1) is 0 Å². The van der Waals surface area contributed by atoms with Crippen molar-refractivity contribution >= 4 is 17.0 Å². The molecule has 7 nitrogen and oxygen atoms in total. The average Bonchev–Trinajstić information content (AvgIpc) is 3.35. The van der Waals surface area contributed by atoms with Crippen LogP contribution >= 0.6 is 0 Å². The monoisotopic (exact) mass is 362 g/mol. The van der Waals surface area contributed by atoms with Gasteiger partial charge in [-0.25, -0.2) is 4.98 Å². The van der Waals surface area contributed by atoms with Crippen LogP contribution in [0.4, 0.5) is 0 Å². The van der Waals surface area contributed by atoms with Gasteiger partial charge in [0.25, 0.3) is 5.91 Å². The van der Waals surface area contributed by atoms with E-state index in [1.807, 2.05) is 43.3 Å². The molecule has 1 amide bonds. The molecule has 136 valence electrons. The van der Waals surface area contributed by atoms with Crippen molar-refractivity contribution in [2.45, 2.75) is 26.3 Å². The lowest BCUT2D eigenvalue weighted by Crippen LogP contribution is -2.26. The molecule has 27 heavy (non-hydrogen) atoms. The molecule has 1 atom stereocenters. The van der Waals surface area contributed by atoms with Gasteiger partial charge in [0.15, 0.2) is 11.5 Å². The van der Waals surface area contributed by atoms with E-state index in [4.69, 9.17) is 8.94 Å². The van der Waals surface area contributed by atoms with Crippen molar-refractivity contribution < 1.29 is 13.7 Å². The van der Waals surface area contributed by atoms with Crippen LogP contribution in [0.15, 0.2) is 57.5 Å². The lowest BCUT2D eigenvalue weighted by atomic mass is 10.2. The Balaban J connectivity index is 1.53. The summed E-state index contributed by atoms with van der Waals surface area (Å²) in [6, 6.07) is 14.1. The average molecular weight is 362 g/mol. The lowest BCUT2D eigenvalue weighted by molar-refractivity contribution is 0.0932. The SMILES string of the molecule is CCc1nc2cc(-c3noc(C(C)NC(=O)c4ccccc4)n3)ccc2o1. The first kappa shape index (κ1) is 17.0. The number of carbonyl (C=O) groups is 1. The molecule has 0 saturated carbocycles. The number of hydrogen-bond acceptors (Lipinski definition) is 6. The number of amides is 1. The van der Waals surface area contributed by atoms with Crippen LogP contribution in [0.1, 0.15) is 42.0 Å². The number of benzene rings is 2. The topological polar surface area (TPSA) is 94.1 Å². The Labute approximate surface area is 155 Å². The van der Waals surface area contributed by atoms with Gasteiger partial charge in [0.2, 0.25) is 11.7 Å².